The number of aliphatic imine (C=N–C) groups is 1. The molecule has 1 saturated carbocycles. The molecule has 1 amide bonds. The fourth-order valence-electron chi connectivity index (χ4n) is 5.40. The van der Waals surface area contributed by atoms with Gasteiger partial charge in [-0.2, -0.15) is 0 Å². The molecule has 1 fully saturated rings. The largest absolute Gasteiger partial charge is 0.454 e. The SMILES string of the molecule is CN=C(NCC1CC(=O)Nc2ccccc21)NCC1(c2ccc3c(c2)OCO3)CCCCC1. The second-order valence-corrected chi connectivity index (χ2v) is 9.25. The molecule has 0 radical (unpaired) electrons. The molecule has 2 aromatic rings. The van der Waals surface area contributed by atoms with Gasteiger partial charge in [-0.1, -0.05) is 43.5 Å². The molecule has 0 bridgehead atoms. The quantitative estimate of drug-likeness (QED) is 0.477. The Morgan fingerprint density at radius 3 is 2.76 bits per heavy atom. The van der Waals surface area contributed by atoms with Crippen LogP contribution in [0.15, 0.2) is 47.5 Å². The van der Waals surface area contributed by atoms with Crippen LogP contribution in [0.2, 0.25) is 0 Å². The van der Waals surface area contributed by atoms with E-state index in [1.54, 1.807) is 7.05 Å². The summed E-state index contributed by atoms with van der Waals surface area (Å²) in [5, 5.41) is 10.0. The van der Waals surface area contributed by atoms with Crippen LogP contribution in [0, 0.1) is 0 Å². The van der Waals surface area contributed by atoms with Crippen molar-refractivity contribution in [2.45, 2.75) is 49.9 Å². The van der Waals surface area contributed by atoms with E-state index in [-0.39, 0.29) is 17.2 Å². The predicted molar refractivity (Wildman–Crippen MR) is 129 cm³/mol. The number of ether oxygens (including phenoxy) is 2. The molecular weight excluding hydrogens is 416 g/mol. The average Bonchev–Trinajstić information content (AvgIpc) is 3.32. The summed E-state index contributed by atoms with van der Waals surface area (Å²) in [4.78, 5) is 16.6. The first-order valence-corrected chi connectivity index (χ1v) is 11.9. The molecule has 1 unspecified atom stereocenters. The Kier molecular flexibility index (Phi) is 6.11. The van der Waals surface area contributed by atoms with Crippen molar-refractivity contribution in [3.63, 3.8) is 0 Å². The zero-order valence-corrected chi connectivity index (χ0v) is 19.2. The molecular formula is C26H32N4O3. The average molecular weight is 449 g/mol. The van der Waals surface area contributed by atoms with Gasteiger partial charge in [-0.05, 0) is 42.2 Å². The van der Waals surface area contributed by atoms with Gasteiger partial charge in [0, 0.05) is 43.6 Å². The zero-order chi connectivity index (χ0) is 22.7. The minimum atomic E-state index is 0.0359. The van der Waals surface area contributed by atoms with Gasteiger partial charge in [-0.3, -0.25) is 9.79 Å². The van der Waals surface area contributed by atoms with Gasteiger partial charge < -0.3 is 25.4 Å². The fourth-order valence-corrected chi connectivity index (χ4v) is 5.40. The van der Waals surface area contributed by atoms with E-state index >= 15 is 0 Å². The van der Waals surface area contributed by atoms with E-state index in [2.05, 4.69) is 39.1 Å². The van der Waals surface area contributed by atoms with Crippen LogP contribution in [0.4, 0.5) is 5.69 Å². The van der Waals surface area contributed by atoms with Gasteiger partial charge in [-0.25, -0.2) is 0 Å². The number of benzene rings is 2. The van der Waals surface area contributed by atoms with Crippen LogP contribution in [-0.4, -0.2) is 38.8 Å². The number of carbonyl (C=O) groups is 1. The molecule has 1 atom stereocenters. The lowest BCUT2D eigenvalue weighted by Gasteiger charge is -2.38. The standard InChI is InChI=1S/C26H32N4O3/c1-27-25(28-15-18-13-24(31)30-21-8-4-3-7-20(18)21)29-16-26(11-5-2-6-12-26)19-9-10-22-23(14-19)33-17-32-22/h3-4,7-10,14,18H,2,5-6,11-13,15-17H2,1H3,(H,30,31)(H2,27,28,29). The number of anilines is 1. The maximum atomic E-state index is 12.2. The number of nitrogens with one attached hydrogen (secondary N) is 3. The molecule has 0 aromatic heterocycles. The molecule has 3 N–H and O–H groups in total. The molecule has 0 saturated heterocycles. The third-order valence-corrected chi connectivity index (χ3v) is 7.24. The number of rotatable bonds is 5. The molecule has 2 heterocycles. The maximum Gasteiger partial charge on any atom is 0.231 e. The summed E-state index contributed by atoms with van der Waals surface area (Å²) >= 11 is 0. The Hall–Kier alpha value is -3.22. The molecule has 1 aliphatic carbocycles. The summed E-state index contributed by atoms with van der Waals surface area (Å²) in [6.45, 7) is 1.75. The molecule has 7 nitrogen and oxygen atoms in total. The Morgan fingerprint density at radius 2 is 1.91 bits per heavy atom. The minimum absolute atomic E-state index is 0.0359. The predicted octanol–water partition coefficient (Wildman–Crippen LogP) is 3.91. The molecule has 174 valence electrons. The second kappa shape index (κ2) is 9.33. The molecule has 5 rings (SSSR count). The van der Waals surface area contributed by atoms with Gasteiger partial charge in [0.15, 0.2) is 17.5 Å². The lowest BCUT2D eigenvalue weighted by molar-refractivity contribution is -0.116. The fraction of sp³-hybridized carbons (Fsp3) is 0.462. The highest BCUT2D eigenvalue weighted by Crippen LogP contribution is 2.43. The summed E-state index contributed by atoms with van der Waals surface area (Å²) in [6, 6.07) is 14.4. The topological polar surface area (TPSA) is 84.0 Å². The first-order valence-electron chi connectivity index (χ1n) is 11.9. The van der Waals surface area contributed by atoms with Crippen molar-refractivity contribution in [1.82, 2.24) is 10.6 Å². The summed E-state index contributed by atoms with van der Waals surface area (Å²) in [7, 11) is 1.80. The summed E-state index contributed by atoms with van der Waals surface area (Å²) in [6.07, 6.45) is 6.45. The number of nitrogens with zero attached hydrogens (tertiary/aromatic N) is 1. The van der Waals surface area contributed by atoms with Gasteiger partial charge in [0.05, 0.1) is 0 Å². The van der Waals surface area contributed by atoms with Crippen molar-refractivity contribution < 1.29 is 14.3 Å². The van der Waals surface area contributed by atoms with E-state index in [1.807, 2.05) is 24.3 Å². The van der Waals surface area contributed by atoms with Crippen LogP contribution < -0.4 is 25.4 Å². The third-order valence-electron chi connectivity index (χ3n) is 7.24. The van der Waals surface area contributed by atoms with E-state index in [0.717, 1.165) is 42.5 Å². The van der Waals surface area contributed by atoms with Crippen LogP contribution in [0.5, 0.6) is 11.5 Å². The zero-order valence-electron chi connectivity index (χ0n) is 19.2. The first-order chi connectivity index (χ1) is 16.2. The van der Waals surface area contributed by atoms with Crippen LogP contribution in [0.25, 0.3) is 0 Å². The number of amides is 1. The van der Waals surface area contributed by atoms with Crippen molar-refractivity contribution >= 4 is 17.6 Å². The smallest absolute Gasteiger partial charge is 0.231 e. The minimum Gasteiger partial charge on any atom is -0.454 e. The molecule has 0 spiro atoms. The lowest BCUT2D eigenvalue weighted by Crippen LogP contribution is -2.47. The van der Waals surface area contributed by atoms with Crippen LogP contribution in [0.1, 0.15) is 55.6 Å². The monoisotopic (exact) mass is 448 g/mol. The van der Waals surface area contributed by atoms with Crippen molar-refractivity contribution in [3.8, 4) is 11.5 Å². The Labute approximate surface area is 195 Å². The van der Waals surface area contributed by atoms with Crippen molar-refractivity contribution in [2.24, 2.45) is 4.99 Å². The van der Waals surface area contributed by atoms with Gasteiger partial charge in [0.25, 0.3) is 0 Å². The number of fused-ring (bicyclic) bond motifs is 2. The highest BCUT2D eigenvalue weighted by Gasteiger charge is 2.35. The first kappa shape index (κ1) is 21.6. The number of guanidine groups is 1. The van der Waals surface area contributed by atoms with Crippen molar-refractivity contribution in [3.05, 3.63) is 53.6 Å². The summed E-state index contributed by atoms with van der Waals surface area (Å²) < 4.78 is 11.2. The molecule has 33 heavy (non-hydrogen) atoms. The third kappa shape index (κ3) is 4.49. The number of carbonyl (C=O) groups excluding carboxylic acids is 1. The van der Waals surface area contributed by atoms with Crippen LogP contribution in [0.3, 0.4) is 0 Å². The normalized spacial score (nSPS) is 21.2. The molecule has 3 aliphatic rings. The van der Waals surface area contributed by atoms with E-state index in [0.29, 0.717) is 19.8 Å². The van der Waals surface area contributed by atoms with Crippen molar-refractivity contribution in [1.29, 1.82) is 0 Å². The second-order valence-electron chi connectivity index (χ2n) is 9.25. The van der Waals surface area contributed by atoms with E-state index in [4.69, 9.17) is 9.47 Å². The molecule has 2 aliphatic heterocycles. The highest BCUT2D eigenvalue weighted by molar-refractivity contribution is 5.94. The Bertz CT molecular complexity index is 1050. The maximum absolute atomic E-state index is 12.2. The van der Waals surface area contributed by atoms with E-state index in [9.17, 15) is 4.79 Å². The summed E-state index contributed by atoms with van der Waals surface area (Å²) in [5.74, 6) is 2.61. The van der Waals surface area contributed by atoms with Crippen molar-refractivity contribution in [2.75, 3.05) is 32.2 Å². The van der Waals surface area contributed by atoms with Gasteiger partial charge >= 0.3 is 0 Å². The highest BCUT2D eigenvalue weighted by atomic mass is 16.7. The Morgan fingerprint density at radius 1 is 1.09 bits per heavy atom. The Balaban J connectivity index is 1.27. The number of hydrogen-bond donors (Lipinski definition) is 3. The van der Waals surface area contributed by atoms with Gasteiger partial charge in [0.2, 0.25) is 12.7 Å². The number of para-hydroxylation sites is 1. The lowest BCUT2D eigenvalue weighted by atomic mass is 9.69. The van der Waals surface area contributed by atoms with Crippen LogP contribution >= 0.6 is 0 Å². The molecule has 7 heteroatoms. The van der Waals surface area contributed by atoms with Crippen LogP contribution in [-0.2, 0) is 10.2 Å². The van der Waals surface area contributed by atoms with E-state index in [1.165, 1.54) is 30.4 Å². The van der Waals surface area contributed by atoms with E-state index < -0.39 is 0 Å². The summed E-state index contributed by atoms with van der Waals surface area (Å²) in [5.41, 5.74) is 3.41. The van der Waals surface area contributed by atoms with Gasteiger partial charge in [0.1, 0.15) is 0 Å². The van der Waals surface area contributed by atoms with Gasteiger partial charge in [-0.15, -0.1) is 0 Å². The number of hydrogen-bond acceptors (Lipinski definition) is 4. The molecule has 2 aromatic carbocycles.